The maximum absolute atomic E-state index is 13.6. The molecule has 0 atom stereocenters. The van der Waals surface area contributed by atoms with Gasteiger partial charge in [-0.1, -0.05) is 0 Å². The molecule has 9 nitrogen and oxygen atoms in total. The number of hydrogen-bond acceptors (Lipinski definition) is 5. The van der Waals surface area contributed by atoms with Crippen molar-refractivity contribution in [3.63, 3.8) is 0 Å². The lowest BCUT2D eigenvalue weighted by Gasteiger charge is -2.30. The number of carbonyl (C=O) groups excluding carboxylic acids is 3. The van der Waals surface area contributed by atoms with Crippen molar-refractivity contribution in [2.24, 2.45) is 5.73 Å². The monoisotopic (exact) mass is 474 g/mol. The van der Waals surface area contributed by atoms with Crippen LogP contribution in [-0.4, -0.2) is 43.1 Å². The Labute approximate surface area is 203 Å². The van der Waals surface area contributed by atoms with E-state index in [0.29, 0.717) is 43.8 Å². The van der Waals surface area contributed by atoms with Crippen LogP contribution in [0.15, 0.2) is 53.7 Å². The first-order chi connectivity index (χ1) is 16.9. The van der Waals surface area contributed by atoms with Crippen molar-refractivity contribution in [3.8, 4) is 5.75 Å². The van der Waals surface area contributed by atoms with Crippen LogP contribution in [0.25, 0.3) is 0 Å². The molecule has 0 bridgehead atoms. The fourth-order valence-electron chi connectivity index (χ4n) is 4.89. The van der Waals surface area contributed by atoms with E-state index in [1.54, 1.807) is 15.1 Å². The summed E-state index contributed by atoms with van der Waals surface area (Å²) in [7, 11) is 0. The van der Waals surface area contributed by atoms with Crippen molar-refractivity contribution < 1.29 is 24.4 Å². The highest BCUT2D eigenvalue weighted by Crippen LogP contribution is 2.29. The summed E-state index contributed by atoms with van der Waals surface area (Å²) in [6, 6.07) is 13.1. The van der Waals surface area contributed by atoms with Crippen molar-refractivity contribution in [3.05, 3.63) is 59.3 Å². The predicted octanol–water partition coefficient (Wildman–Crippen LogP) is 1.53. The molecule has 2 aromatic carbocycles. The van der Waals surface area contributed by atoms with Crippen LogP contribution < -0.4 is 25.6 Å². The lowest BCUT2D eigenvalue weighted by Crippen LogP contribution is -2.80. The molecule has 3 aliphatic rings. The van der Waals surface area contributed by atoms with E-state index in [9.17, 15) is 14.4 Å². The minimum Gasteiger partial charge on any atom is -0.493 e. The van der Waals surface area contributed by atoms with E-state index < -0.39 is 5.91 Å². The Balaban J connectivity index is 1.43. The summed E-state index contributed by atoms with van der Waals surface area (Å²) in [5.74, 6) is -0.196. The number of amides is 3. The van der Waals surface area contributed by atoms with Gasteiger partial charge in [-0.15, -0.1) is 0 Å². The van der Waals surface area contributed by atoms with Gasteiger partial charge in [0.2, 0.25) is 11.6 Å². The lowest BCUT2D eigenvalue weighted by atomic mass is 9.98. The highest BCUT2D eigenvalue weighted by Gasteiger charge is 2.35. The third-order valence-electron chi connectivity index (χ3n) is 6.76. The molecule has 1 fully saturated rings. The molecule has 3 aliphatic heterocycles. The van der Waals surface area contributed by atoms with Gasteiger partial charge < -0.3 is 20.3 Å². The van der Waals surface area contributed by atoms with E-state index >= 15 is 0 Å². The van der Waals surface area contributed by atoms with Crippen LogP contribution in [0.3, 0.4) is 0 Å². The standard InChI is InChI=1S/C26H27N5O4/c27-23(25(28)33)20-10-13-31(19-7-5-18(6-8-19)30-12-2-1-3-22(30)32)26(34)24(20)29-17-4-9-21-16(15-17)11-14-35-21/h4-9,15,27,29H,1-3,10-14H2,(H2,28,33)/p+1. The normalized spacial score (nSPS) is 17.9. The predicted molar refractivity (Wildman–Crippen MR) is 131 cm³/mol. The second kappa shape index (κ2) is 9.34. The summed E-state index contributed by atoms with van der Waals surface area (Å²) < 4.78 is 5.57. The van der Waals surface area contributed by atoms with Crippen LogP contribution >= 0.6 is 0 Å². The van der Waals surface area contributed by atoms with Gasteiger partial charge in [0, 0.05) is 55.0 Å². The summed E-state index contributed by atoms with van der Waals surface area (Å²) in [4.78, 5) is 41.1. The highest BCUT2D eigenvalue weighted by molar-refractivity contribution is 6.44. The minimum atomic E-state index is -0.856. The molecule has 0 spiro atoms. The van der Waals surface area contributed by atoms with E-state index in [4.69, 9.17) is 15.9 Å². The molecule has 0 radical (unpaired) electrons. The molecule has 2 aromatic rings. The van der Waals surface area contributed by atoms with Crippen LogP contribution in [-0.2, 0) is 20.8 Å². The quantitative estimate of drug-likeness (QED) is 0.432. The number of hydrogen-bond donors (Lipinski definition) is 3. The van der Waals surface area contributed by atoms with Gasteiger partial charge in [-0.05, 0) is 49.6 Å². The topological polar surface area (TPSA) is 133 Å². The Bertz CT molecular complexity index is 1250. The minimum absolute atomic E-state index is 0.118. The molecule has 5 N–H and O–H groups in total. The van der Waals surface area contributed by atoms with Gasteiger partial charge in [0.25, 0.3) is 5.91 Å². The molecule has 180 valence electrons. The number of anilines is 2. The third-order valence-corrected chi connectivity index (χ3v) is 6.76. The molecule has 0 saturated carbocycles. The van der Waals surface area contributed by atoms with Crippen LogP contribution in [0.5, 0.6) is 5.75 Å². The Morgan fingerprint density at radius 2 is 1.69 bits per heavy atom. The molecule has 0 aliphatic carbocycles. The summed E-state index contributed by atoms with van der Waals surface area (Å²) in [6.45, 7) is 1.65. The number of nitrogens with zero attached hydrogens (tertiary/aromatic N) is 2. The fraction of sp³-hybridized carbons (Fsp3) is 0.308. The first-order valence-corrected chi connectivity index (χ1v) is 11.9. The van der Waals surface area contributed by atoms with Crippen LogP contribution in [0.2, 0.25) is 0 Å². The molecule has 35 heavy (non-hydrogen) atoms. The van der Waals surface area contributed by atoms with E-state index in [-0.39, 0.29) is 23.2 Å². The van der Waals surface area contributed by atoms with Gasteiger partial charge in [0.15, 0.2) is 0 Å². The third kappa shape index (κ3) is 4.42. The van der Waals surface area contributed by atoms with Crippen LogP contribution in [0.1, 0.15) is 31.2 Å². The molecule has 5 rings (SSSR count). The van der Waals surface area contributed by atoms with E-state index in [1.807, 2.05) is 42.5 Å². The molecule has 1 saturated heterocycles. The average Bonchev–Trinajstić information content (AvgIpc) is 3.33. The number of piperidine rings is 1. The zero-order valence-electron chi connectivity index (χ0n) is 19.4. The lowest BCUT2D eigenvalue weighted by molar-refractivity contribution is -0.512. The molecular formula is C26H28N5O4+. The molecule has 3 amide bonds. The van der Waals surface area contributed by atoms with Crippen molar-refractivity contribution in [2.45, 2.75) is 32.1 Å². The van der Waals surface area contributed by atoms with Crippen molar-refractivity contribution >= 4 is 40.5 Å². The number of nitrogens with two attached hydrogens (primary N) is 2. The van der Waals surface area contributed by atoms with Gasteiger partial charge in [-0.2, -0.15) is 0 Å². The molecule has 0 aromatic heterocycles. The Kier molecular flexibility index (Phi) is 6.08. The molecule has 3 heterocycles. The zero-order chi connectivity index (χ0) is 24.5. The summed E-state index contributed by atoms with van der Waals surface area (Å²) >= 11 is 0. The highest BCUT2D eigenvalue weighted by atomic mass is 16.5. The van der Waals surface area contributed by atoms with Crippen molar-refractivity contribution in [2.75, 3.05) is 29.5 Å². The average molecular weight is 475 g/mol. The smallest absolute Gasteiger partial charge is 0.313 e. The van der Waals surface area contributed by atoms with E-state index in [0.717, 1.165) is 42.0 Å². The van der Waals surface area contributed by atoms with E-state index in [1.165, 1.54) is 0 Å². The summed E-state index contributed by atoms with van der Waals surface area (Å²) in [5, 5.41) is 9.92. The Morgan fingerprint density at radius 3 is 2.40 bits per heavy atom. The van der Waals surface area contributed by atoms with E-state index in [2.05, 4.69) is 0 Å². The summed E-state index contributed by atoms with van der Waals surface area (Å²) in [5.41, 5.74) is 9.08. The molecule has 0 unspecified atom stereocenters. The maximum atomic E-state index is 13.6. The van der Waals surface area contributed by atoms with Crippen LogP contribution in [0, 0.1) is 5.41 Å². The maximum Gasteiger partial charge on any atom is 0.313 e. The van der Waals surface area contributed by atoms with Gasteiger partial charge >= 0.3 is 5.91 Å². The Morgan fingerprint density at radius 1 is 0.943 bits per heavy atom. The van der Waals surface area contributed by atoms with Crippen LogP contribution in [0.4, 0.5) is 17.1 Å². The largest absolute Gasteiger partial charge is 0.493 e. The molecule has 9 heteroatoms. The van der Waals surface area contributed by atoms with Gasteiger partial charge in [-0.3, -0.25) is 25.1 Å². The van der Waals surface area contributed by atoms with Gasteiger partial charge in [0.1, 0.15) is 17.1 Å². The van der Waals surface area contributed by atoms with Gasteiger partial charge in [-0.25, -0.2) is 0 Å². The molecular weight excluding hydrogens is 446 g/mol. The van der Waals surface area contributed by atoms with Gasteiger partial charge in [0.05, 0.1) is 12.2 Å². The number of quaternary nitrogens is 1. The SMILES string of the molecule is N=C(C(N)=O)C1=C([NH2+]c2ccc3c(c2)CCO3)C(=O)N(c2ccc(N3CCCCC3=O)cc2)CC1. The number of ether oxygens (including phenoxy) is 1. The number of fused-ring (bicyclic) bond motifs is 1. The Hall–Kier alpha value is -3.98. The first kappa shape index (κ1) is 22.8. The second-order valence-electron chi connectivity index (χ2n) is 8.97. The van der Waals surface area contributed by atoms with Crippen molar-refractivity contribution in [1.29, 1.82) is 5.41 Å². The fourth-order valence-corrected chi connectivity index (χ4v) is 4.89. The second-order valence-corrected chi connectivity index (χ2v) is 8.97. The zero-order valence-corrected chi connectivity index (χ0v) is 19.4. The number of nitrogens with one attached hydrogen (secondary N) is 1. The summed E-state index contributed by atoms with van der Waals surface area (Å²) in [6.07, 6.45) is 3.58. The van der Waals surface area contributed by atoms with Crippen molar-refractivity contribution in [1.82, 2.24) is 0 Å². The number of primary amides is 1. The first-order valence-electron chi connectivity index (χ1n) is 11.9. The number of benzene rings is 2. The number of carbonyl (C=O) groups is 3. The number of rotatable bonds is 6.